The van der Waals surface area contributed by atoms with Crippen LogP contribution in [-0.4, -0.2) is 21.3 Å². The van der Waals surface area contributed by atoms with Crippen LogP contribution < -0.4 is 5.32 Å². The van der Waals surface area contributed by atoms with Gasteiger partial charge in [0.05, 0.1) is 6.54 Å². The maximum Gasteiger partial charge on any atom is 0.222 e. The third kappa shape index (κ3) is 2.34. The predicted molar refractivity (Wildman–Crippen MR) is 43.1 cm³/mol. The Morgan fingerprint density at radius 1 is 1.75 bits per heavy atom. The van der Waals surface area contributed by atoms with E-state index >= 15 is 0 Å². The summed E-state index contributed by atoms with van der Waals surface area (Å²) in [5, 5.41) is 12.5. The third-order valence-corrected chi connectivity index (χ3v) is 1.44. The molecule has 5 nitrogen and oxygen atoms in total. The number of aromatic amines is 1. The van der Waals surface area contributed by atoms with Crippen LogP contribution in [0.4, 0.5) is 0 Å². The van der Waals surface area contributed by atoms with Crippen molar-refractivity contribution in [2.24, 2.45) is 5.92 Å². The minimum Gasteiger partial charge on any atom is -0.350 e. The van der Waals surface area contributed by atoms with Gasteiger partial charge >= 0.3 is 0 Å². The molecular weight excluding hydrogens is 156 g/mol. The van der Waals surface area contributed by atoms with Crippen molar-refractivity contribution in [2.75, 3.05) is 0 Å². The SMILES string of the molecule is CC(C)C(=O)NCc1c[nH]nn1. The van der Waals surface area contributed by atoms with E-state index in [9.17, 15) is 4.79 Å². The normalized spacial score (nSPS) is 10.2. The van der Waals surface area contributed by atoms with E-state index in [0.29, 0.717) is 6.54 Å². The molecule has 0 aliphatic rings. The van der Waals surface area contributed by atoms with Gasteiger partial charge in [0.15, 0.2) is 0 Å². The largest absolute Gasteiger partial charge is 0.350 e. The molecule has 1 aromatic rings. The van der Waals surface area contributed by atoms with Crippen molar-refractivity contribution in [2.45, 2.75) is 20.4 Å². The summed E-state index contributed by atoms with van der Waals surface area (Å²) >= 11 is 0. The monoisotopic (exact) mass is 168 g/mol. The van der Waals surface area contributed by atoms with E-state index in [1.54, 1.807) is 6.20 Å². The molecule has 0 aromatic carbocycles. The topological polar surface area (TPSA) is 70.7 Å². The van der Waals surface area contributed by atoms with Gasteiger partial charge in [0.1, 0.15) is 5.69 Å². The van der Waals surface area contributed by atoms with Crippen molar-refractivity contribution in [3.8, 4) is 0 Å². The highest BCUT2D eigenvalue weighted by Gasteiger charge is 2.06. The van der Waals surface area contributed by atoms with Crippen LogP contribution in [0.5, 0.6) is 0 Å². The Labute approximate surface area is 70.6 Å². The first-order chi connectivity index (χ1) is 5.70. The van der Waals surface area contributed by atoms with Crippen molar-refractivity contribution in [3.63, 3.8) is 0 Å². The third-order valence-electron chi connectivity index (χ3n) is 1.44. The zero-order chi connectivity index (χ0) is 8.97. The lowest BCUT2D eigenvalue weighted by molar-refractivity contribution is -0.124. The number of nitrogens with one attached hydrogen (secondary N) is 2. The minimum absolute atomic E-state index is 0.0110. The van der Waals surface area contributed by atoms with Gasteiger partial charge in [-0.1, -0.05) is 19.1 Å². The summed E-state index contributed by atoms with van der Waals surface area (Å²) in [6.07, 6.45) is 1.65. The fraction of sp³-hybridized carbons (Fsp3) is 0.571. The smallest absolute Gasteiger partial charge is 0.222 e. The van der Waals surface area contributed by atoms with E-state index in [4.69, 9.17) is 0 Å². The second-order valence-electron chi connectivity index (χ2n) is 2.84. The Morgan fingerprint density at radius 2 is 2.50 bits per heavy atom. The molecule has 0 radical (unpaired) electrons. The Kier molecular flexibility index (Phi) is 2.79. The molecule has 0 aliphatic heterocycles. The van der Waals surface area contributed by atoms with Crippen LogP contribution in [0.1, 0.15) is 19.5 Å². The summed E-state index contributed by atoms with van der Waals surface area (Å²) in [4.78, 5) is 11.1. The molecule has 12 heavy (non-hydrogen) atoms. The van der Waals surface area contributed by atoms with E-state index in [2.05, 4.69) is 20.7 Å². The summed E-state index contributed by atoms with van der Waals surface area (Å²) < 4.78 is 0. The zero-order valence-corrected chi connectivity index (χ0v) is 7.16. The maximum absolute atomic E-state index is 11.1. The summed E-state index contributed by atoms with van der Waals surface area (Å²) in [7, 11) is 0. The molecule has 1 amide bonds. The van der Waals surface area contributed by atoms with Gasteiger partial charge in [-0.15, -0.1) is 5.10 Å². The van der Waals surface area contributed by atoms with Crippen LogP contribution in [0.25, 0.3) is 0 Å². The van der Waals surface area contributed by atoms with E-state index in [-0.39, 0.29) is 11.8 Å². The van der Waals surface area contributed by atoms with Gasteiger partial charge in [-0.25, -0.2) is 0 Å². The molecular formula is C7H12N4O. The lowest BCUT2D eigenvalue weighted by Crippen LogP contribution is -2.27. The summed E-state index contributed by atoms with van der Waals surface area (Å²) in [6, 6.07) is 0. The standard InChI is InChI=1S/C7H12N4O/c1-5(2)7(12)8-3-6-4-9-11-10-6/h4-5H,3H2,1-2H3,(H,8,12)(H,9,10,11). The first kappa shape index (κ1) is 8.70. The minimum atomic E-state index is 0.0110. The molecule has 1 heterocycles. The van der Waals surface area contributed by atoms with E-state index in [1.165, 1.54) is 0 Å². The molecule has 0 unspecified atom stereocenters. The van der Waals surface area contributed by atoms with Crippen LogP contribution in [0, 0.1) is 5.92 Å². The van der Waals surface area contributed by atoms with E-state index in [0.717, 1.165) is 5.69 Å². The van der Waals surface area contributed by atoms with Crippen LogP contribution >= 0.6 is 0 Å². The fourth-order valence-electron chi connectivity index (χ4n) is 0.694. The van der Waals surface area contributed by atoms with Crippen molar-refractivity contribution in [3.05, 3.63) is 11.9 Å². The van der Waals surface area contributed by atoms with Crippen molar-refractivity contribution < 1.29 is 4.79 Å². The molecule has 0 bridgehead atoms. The first-order valence-electron chi connectivity index (χ1n) is 3.83. The molecule has 1 rings (SSSR count). The molecule has 66 valence electrons. The molecule has 2 N–H and O–H groups in total. The van der Waals surface area contributed by atoms with Gasteiger partial charge in [0.2, 0.25) is 5.91 Å². The second kappa shape index (κ2) is 3.85. The van der Waals surface area contributed by atoms with Crippen molar-refractivity contribution >= 4 is 5.91 Å². The maximum atomic E-state index is 11.1. The fourth-order valence-corrected chi connectivity index (χ4v) is 0.694. The van der Waals surface area contributed by atoms with Crippen LogP contribution in [0.2, 0.25) is 0 Å². The molecule has 0 fully saturated rings. The van der Waals surface area contributed by atoms with Gasteiger partial charge < -0.3 is 5.32 Å². The van der Waals surface area contributed by atoms with E-state index < -0.39 is 0 Å². The lowest BCUT2D eigenvalue weighted by atomic mass is 10.2. The van der Waals surface area contributed by atoms with Gasteiger partial charge in [0.25, 0.3) is 0 Å². The lowest BCUT2D eigenvalue weighted by Gasteiger charge is -2.04. The average molecular weight is 168 g/mol. The number of rotatable bonds is 3. The molecule has 0 spiro atoms. The van der Waals surface area contributed by atoms with Gasteiger partial charge in [-0.05, 0) is 0 Å². The molecule has 0 saturated carbocycles. The Bertz CT molecular complexity index is 242. The highest BCUT2D eigenvalue weighted by Crippen LogP contribution is 1.92. The Hall–Kier alpha value is -1.39. The molecule has 0 saturated heterocycles. The van der Waals surface area contributed by atoms with Crippen LogP contribution in [-0.2, 0) is 11.3 Å². The van der Waals surface area contributed by atoms with Gasteiger partial charge in [0, 0.05) is 12.1 Å². The number of amides is 1. The highest BCUT2D eigenvalue weighted by atomic mass is 16.1. The first-order valence-corrected chi connectivity index (χ1v) is 3.83. The second-order valence-corrected chi connectivity index (χ2v) is 2.84. The number of aromatic nitrogens is 3. The quantitative estimate of drug-likeness (QED) is 0.671. The highest BCUT2D eigenvalue weighted by molar-refractivity contribution is 5.77. The zero-order valence-electron chi connectivity index (χ0n) is 7.16. The molecule has 5 heteroatoms. The van der Waals surface area contributed by atoms with Gasteiger partial charge in [-0.3, -0.25) is 9.89 Å². The van der Waals surface area contributed by atoms with Crippen molar-refractivity contribution in [1.82, 2.24) is 20.7 Å². The van der Waals surface area contributed by atoms with Crippen LogP contribution in [0.15, 0.2) is 6.20 Å². The summed E-state index contributed by atoms with van der Waals surface area (Å²) in [5.74, 6) is 0.0369. The Morgan fingerprint density at radius 3 is 3.00 bits per heavy atom. The van der Waals surface area contributed by atoms with Crippen molar-refractivity contribution in [1.29, 1.82) is 0 Å². The van der Waals surface area contributed by atoms with E-state index in [1.807, 2.05) is 13.8 Å². The molecule has 0 atom stereocenters. The average Bonchev–Trinajstić information content (AvgIpc) is 2.51. The number of H-pyrrole nitrogens is 1. The summed E-state index contributed by atoms with van der Waals surface area (Å²) in [6.45, 7) is 4.13. The number of carbonyl (C=O) groups is 1. The number of carbonyl (C=O) groups excluding carboxylic acids is 1. The number of hydrogen-bond donors (Lipinski definition) is 2. The summed E-state index contributed by atoms with van der Waals surface area (Å²) in [5.41, 5.74) is 0.740. The number of hydrogen-bond acceptors (Lipinski definition) is 3. The predicted octanol–water partition coefficient (Wildman–Crippen LogP) is 0.0769. The van der Waals surface area contributed by atoms with Crippen LogP contribution in [0.3, 0.4) is 0 Å². The Balaban J connectivity index is 2.32. The molecule has 0 aliphatic carbocycles. The number of nitrogens with zero attached hydrogens (tertiary/aromatic N) is 2. The molecule has 1 aromatic heterocycles. The van der Waals surface area contributed by atoms with Gasteiger partial charge in [-0.2, -0.15) is 0 Å².